The number of carbonyl (C=O) groups excluding carboxylic acids is 1. The van der Waals surface area contributed by atoms with Gasteiger partial charge in [-0.2, -0.15) is 4.31 Å². The lowest BCUT2D eigenvalue weighted by molar-refractivity contribution is -0.116. The molecule has 0 spiro atoms. The second-order valence-corrected chi connectivity index (χ2v) is 9.82. The second-order valence-electron chi connectivity index (χ2n) is 7.07. The summed E-state index contributed by atoms with van der Waals surface area (Å²) >= 11 is 12.2. The van der Waals surface area contributed by atoms with E-state index >= 15 is 0 Å². The average molecular weight is 493 g/mol. The van der Waals surface area contributed by atoms with Gasteiger partial charge in [-0.1, -0.05) is 59.6 Å². The number of hydrogen-bond donors (Lipinski definition) is 1. The van der Waals surface area contributed by atoms with E-state index in [9.17, 15) is 13.2 Å². The van der Waals surface area contributed by atoms with Gasteiger partial charge in [0, 0.05) is 22.3 Å². The predicted molar refractivity (Wildman–Crippen MR) is 127 cm³/mol. The van der Waals surface area contributed by atoms with Crippen LogP contribution in [0.2, 0.25) is 10.0 Å². The highest BCUT2D eigenvalue weighted by atomic mass is 35.5. The summed E-state index contributed by atoms with van der Waals surface area (Å²) in [4.78, 5) is 12.7. The van der Waals surface area contributed by atoms with Gasteiger partial charge < -0.3 is 10.1 Å². The van der Waals surface area contributed by atoms with Crippen molar-refractivity contribution < 1.29 is 17.9 Å². The fraction of sp³-hybridized carbons (Fsp3) is 0.174. The molecule has 0 bridgehead atoms. The molecule has 3 aromatic rings. The molecule has 0 atom stereocenters. The zero-order chi connectivity index (χ0) is 23.3. The van der Waals surface area contributed by atoms with Crippen LogP contribution in [-0.2, 0) is 21.4 Å². The first-order valence-corrected chi connectivity index (χ1v) is 11.8. The van der Waals surface area contributed by atoms with E-state index in [1.165, 1.54) is 25.3 Å². The van der Waals surface area contributed by atoms with Gasteiger partial charge in [-0.15, -0.1) is 0 Å². The monoisotopic (exact) mass is 492 g/mol. The van der Waals surface area contributed by atoms with Crippen molar-refractivity contribution in [1.29, 1.82) is 0 Å². The van der Waals surface area contributed by atoms with Gasteiger partial charge >= 0.3 is 0 Å². The van der Waals surface area contributed by atoms with Gasteiger partial charge in [0.15, 0.2) is 0 Å². The van der Waals surface area contributed by atoms with E-state index in [0.29, 0.717) is 10.7 Å². The Morgan fingerprint density at radius 1 is 1.03 bits per heavy atom. The molecule has 0 aliphatic carbocycles. The SMILES string of the molecule is COc1ccc(Cl)cc1S(=O)(=O)N(CC(=O)Nc1ccc(C)c(Cl)c1)Cc1ccccc1. The van der Waals surface area contributed by atoms with E-state index in [4.69, 9.17) is 27.9 Å². The maximum absolute atomic E-state index is 13.5. The summed E-state index contributed by atoms with van der Waals surface area (Å²) in [5.74, 6) is -0.372. The van der Waals surface area contributed by atoms with E-state index in [1.807, 2.05) is 13.0 Å². The van der Waals surface area contributed by atoms with Crippen LogP contribution in [0.4, 0.5) is 5.69 Å². The smallest absolute Gasteiger partial charge is 0.247 e. The van der Waals surface area contributed by atoms with Crippen LogP contribution in [0.3, 0.4) is 0 Å². The Morgan fingerprint density at radius 2 is 1.75 bits per heavy atom. The zero-order valence-electron chi connectivity index (χ0n) is 17.5. The molecule has 6 nitrogen and oxygen atoms in total. The first-order chi connectivity index (χ1) is 15.2. The number of amides is 1. The molecule has 0 saturated heterocycles. The van der Waals surface area contributed by atoms with Crippen LogP contribution >= 0.6 is 23.2 Å². The number of hydrogen-bond acceptors (Lipinski definition) is 4. The Kier molecular flexibility index (Phi) is 7.79. The highest BCUT2D eigenvalue weighted by Gasteiger charge is 2.30. The third-order valence-corrected chi connectivity index (χ3v) is 7.18. The molecular formula is C23H22Cl2N2O4S. The van der Waals surface area contributed by atoms with Gasteiger partial charge in [0.05, 0.1) is 13.7 Å². The zero-order valence-corrected chi connectivity index (χ0v) is 19.8. The molecule has 0 unspecified atom stereocenters. The molecule has 0 heterocycles. The van der Waals surface area contributed by atoms with Crippen molar-refractivity contribution in [3.63, 3.8) is 0 Å². The molecule has 0 aliphatic rings. The number of nitrogens with zero attached hydrogens (tertiary/aromatic N) is 1. The predicted octanol–water partition coefficient (Wildman–Crippen LogP) is 5.14. The van der Waals surface area contributed by atoms with Crippen LogP contribution in [-0.4, -0.2) is 32.3 Å². The largest absolute Gasteiger partial charge is 0.495 e. The van der Waals surface area contributed by atoms with E-state index < -0.39 is 22.5 Å². The summed E-state index contributed by atoms with van der Waals surface area (Å²) in [6.45, 7) is 1.42. The molecule has 3 rings (SSSR count). The molecule has 9 heteroatoms. The quantitative estimate of drug-likeness (QED) is 0.472. The van der Waals surface area contributed by atoms with E-state index in [-0.39, 0.29) is 22.2 Å². The van der Waals surface area contributed by atoms with Crippen molar-refractivity contribution in [2.24, 2.45) is 0 Å². The van der Waals surface area contributed by atoms with Gasteiger partial charge in [0.1, 0.15) is 10.6 Å². The third-order valence-electron chi connectivity index (χ3n) is 4.72. The summed E-state index contributed by atoms with van der Waals surface area (Å²) in [6.07, 6.45) is 0. The van der Waals surface area contributed by atoms with Crippen LogP contribution in [0.1, 0.15) is 11.1 Å². The maximum Gasteiger partial charge on any atom is 0.247 e. The first-order valence-electron chi connectivity index (χ1n) is 9.64. The topological polar surface area (TPSA) is 75.7 Å². The molecule has 1 N–H and O–H groups in total. The molecule has 0 radical (unpaired) electrons. The highest BCUT2D eigenvalue weighted by molar-refractivity contribution is 7.89. The van der Waals surface area contributed by atoms with Crippen molar-refractivity contribution in [1.82, 2.24) is 4.31 Å². The van der Waals surface area contributed by atoms with Crippen molar-refractivity contribution in [3.05, 3.63) is 87.9 Å². The number of methoxy groups -OCH3 is 1. The average Bonchev–Trinajstić information content (AvgIpc) is 2.76. The number of benzene rings is 3. The lowest BCUT2D eigenvalue weighted by atomic mass is 10.2. The van der Waals surface area contributed by atoms with Gasteiger partial charge in [-0.25, -0.2) is 8.42 Å². The van der Waals surface area contributed by atoms with Crippen molar-refractivity contribution in [2.75, 3.05) is 19.0 Å². The summed E-state index contributed by atoms with van der Waals surface area (Å²) in [6, 6.07) is 18.4. The third kappa shape index (κ3) is 5.81. The standard InChI is InChI=1S/C23H22Cl2N2O4S/c1-16-8-10-19(13-20(16)25)26-23(28)15-27(14-17-6-4-3-5-7-17)32(29,30)22-12-18(24)9-11-21(22)31-2/h3-13H,14-15H2,1-2H3,(H,26,28). The lowest BCUT2D eigenvalue weighted by Crippen LogP contribution is -2.37. The van der Waals surface area contributed by atoms with Crippen molar-refractivity contribution in [3.8, 4) is 5.75 Å². The van der Waals surface area contributed by atoms with E-state index in [2.05, 4.69) is 5.32 Å². The summed E-state index contributed by atoms with van der Waals surface area (Å²) < 4.78 is 33.4. The summed E-state index contributed by atoms with van der Waals surface area (Å²) in [5, 5.41) is 3.44. The molecule has 32 heavy (non-hydrogen) atoms. The van der Waals surface area contributed by atoms with Crippen molar-refractivity contribution >= 4 is 44.8 Å². The first kappa shape index (κ1) is 24.1. The van der Waals surface area contributed by atoms with Crippen molar-refractivity contribution in [2.45, 2.75) is 18.4 Å². The van der Waals surface area contributed by atoms with Gasteiger partial charge in [0.25, 0.3) is 0 Å². The Hall–Kier alpha value is -2.58. The fourth-order valence-corrected chi connectivity index (χ4v) is 5.02. The molecular weight excluding hydrogens is 471 g/mol. The summed E-state index contributed by atoms with van der Waals surface area (Å²) in [7, 11) is -2.76. The Morgan fingerprint density at radius 3 is 2.41 bits per heavy atom. The number of aryl methyl sites for hydroxylation is 1. The normalized spacial score (nSPS) is 11.4. The maximum atomic E-state index is 13.5. The minimum absolute atomic E-state index is 0.0130. The molecule has 0 aliphatic heterocycles. The second kappa shape index (κ2) is 10.4. The number of anilines is 1. The Bertz CT molecular complexity index is 1220. The Balaban J connectivity index is 1.93. The van der Waals surface area contributed by atoms with E-state index in [0.717, 1.165) is 15.4 Å². The van der Waals surface area contributed by atoms with E-state index in [1.54, 1.807) is 42.5 Å². The highest BCUT2D eigenvalue weighted by Crippen LogP contribution is 2.30. The van der Waals surface area contributed by atoms with Crippen LogP contribution in [0.5, 0.6) is 5.75 Å². The van der Waals surface area contributed by atoms with Crippen LogP contribution in [0.25, 0.3) is 0 Å². The number of sulfonamides is 1. The van der Waals surface area contributed by atoms with Crippen LogP contribution < -0.4 is 10.1 Å². The number of carbonyl (C=O) groups is 1. The Labute approximate surface area is 197 Å². The number of rotatable bonds is 8. The van der Waals surface area contributed by atoms with Crippen LogP contribution in [0, 0.1) is 6.92 Å². The minimum atomic E-state index is -4.13. The molecule has 0 fully saturated rings. The minimum Gasteiger partial charge on any atom is -0.495 e. The molecule has 168 valence electrons. The van der Waals surface area contributed by atoms with Gasteiger partial charge in [-0.3, -0.25) is 4.79 Å². The summed E-state index contributed by atoms with van der Waals surface area (Å²) in [5.41, 5.74) is 2.07. The molecule has 3 aromatic carbocycles. The molecule has 0 aromatic heterocycles. The number of halogens is 2. The number of ether oxygens (including phenoxy) is 1. The van der Waals surface area contributed by atoms with Gasteiger partial charge in [0.2, 0.25) is 15.9 Å². The molecule has 0 saturated carbocycles. The van der Waals surface area contributed by atoms with Gasteiger partial charge in [-0.05, 0) is 48.4 Å². The number of nitrogens with one attached hydrogen (secondary N) is 1. The fourth-order valence-electron chi connectivity index (χ4n) is 3.04. The lowest BCUT2D eigenvalue weighted by Gasteiger charge is -2.23. The van der Waals surface area contributed by atoms with Crippen LogP contribution in [0.15, 0.2) is 71.6 Å². The molecule has 1 amide bonds.